The van der Waals surface area contributed by atoms with Gasteiger partial charge in [-0.2, -0.15) is 0 Å². The van der Waals surface area contributed by atoms with E-state index in [0.717, 1.165) is 5.39 Å². The van der Waals surface area contributed by atoms with Gasteiger partial charge in [0.25, 0.3) is 0 Å². The number of aliphatic hydroxyl groups is 5. The standard InChI is InChI=1S/C10H8O3.C6H12O6/c1-12-8-4-2-7-3-5-10(11)13-9(7)6-8;7-1-2-3(8)4(9)5(10)6(11)12-2/h2-6H,1H3;2-11H,1H2/t;2-,3+,4+,5-,6-/m.1/s1. The maximum atomic E-state index is 10.9. The zero-order valence-corrected chi connectivity index (χ0v) is 13.3. The van der Waals surface area contributed by atoms with Crippen molar-refractivity contribution in [1.29, 1.82) is 0 Å². The Labute approximate surface area is 142 Å². The molecule has 0 radical (unpaired) electrons. The van der Waals surface area contributed by atoms with Crippen molar-refractivity contribution in [2.45, 2.75) is 30.7 Å². The molecule has 3 rings (SSSR count). The lowest BCUT2D eigenvalue weighted by atomic mass is 10.00. The van der Waals surface area contributed by atoms with Gasteiger partial charge in [0, 0.05) is 17.5 Å². The number of hydrogen-bond acceptors (Lipinski definition) is 9. The summed E-state index contributed by atoms with van der Waals surface area (Å²) in [6.07, 6.45) is -7.04. The van der Waals surface area contributed by atoms with E-state index < -0.39 is 37.3 Å². The quantitative estimate of drug-likeness (QED) is 0.409. The van der Waals surface area contributed by atoms with Crippen molar-refractivity contribution in [2.24, 2.45) is 0 Å². The highest BCUT2D eigenvalue weighted by molar-refractivity contribution is 5.77. The monoisotopic (exact) mass is 356 g/mol. The molecule has 1 aromatic heterocycles. The topological polar surface area (TPSA) is 150 Å². The average molecular weight is 356 g/mol. The van der Waals surface area contributed by atoms with Gasteiger partial charge in [0.2, 0.25) is 0 Å². The van der Waals surface area contributed by atoms with Gasteiger partial charge in [-0.05, 0) is 18.2 Å². The third-order valence-corrected chi connectivity index (χ3v) is 3.70. The molecule has 1 aliphatic heterocycles. The fraction of sp³-hybridized carbons (Fsp3) is 0.438. The summed E-state index contributed by atoms with van der Waals surface area (Å²) in [7, 11) is 1.57. The number of rotatable bonds is 2. The van der Waals surface area contributed by atoms with E-state index in [4.69, 9.17) is 34.7 Å². The second-order valence-electron chi connectivity index (χ2n) is 5.38. The van der Waals surface area contributed by atoms with Crippen LogP contribution in [-0.4, -0.2) is 70.0 Å². The first kappa shape index (κ1) is 19.3. The van der Waals surface area contributed by atoms with Gasteiger partial charge in [0.1, 0.15) is 35.7 Å². The van der Waals surface area contributed by atoms with Crippen molar-refractivity contribution >= 4 is 11.0 Å². The van der Waals surface area contributed by atoms with Crippen LogP contribution in [0, 0.1) is 0 Å². The Bertz CT molecular complexity index is 739. The summed E-state index contributed by atoms with van der Waals surface area (Å²) in [6.45, 7) is -0.526. The first-order chi connectivity index (χ1) is 11.9. The summed E-state index contributed by atoms with van der Waals surface area (Å²) >= 11 is 0. The Morgan fingerprint density at radius 3 is 2.36 bits per heavy atom. The Hall–Kier alpha value is -2.01. The van der Waals surface area contributed by atoms with Gasteiger partial charge in [-0.3, -0.25) is 0 Å². The molecule has 0 spiro atoms. The molecule has 1 fully saturated rings. The van der Waals surface area contributed by atoms with Gasteiger partial charge in [-0.25, -0.2) is 4.79 Å². The van der Waals surface area contributed by atoms with Gasteiger partial charge in [0.05, 0.1) is 13.7 Å². The number of methoxy groups -OCH3 is 1. The Kier molecular flexibility index (Phi) is 6.48. The molecule has 0 amide bonds. The molecular formula is C16H20O9. The van der Waals surface area contributed by atoms with Crippen LogP contribution in [0.4, 0.5) is 0 Å². The van der Waals surface area contributed by atoms with Crippen LogP contribution in [0.2, 0.25) is 0 Å². The van der Waals surface area contributed by atoms with Crippen LogP contribution in [0.5, 0.6) is 5.75 Å². The highest BCUT2D eigenvalue weighted by Gasteiger charge is 2.42. The molecule has 9 nitrogen and oxygen atoms in total. The first-order valence-corrected chi connectivity index (χ1v) is 7.44. The smallest absolute Gasteiger partial charge is 0.336 e. The molecule has 9 heteroatoms. The molecule has 0 aliphatic carbocycles. The summed E-state index contributed by atoms with van der Waals surface area (Å²) in [5.41, 5.74) is 0.201. The van der Waals surface area contributed by atoms with Crippen molar-refractivity contribution in [2.75, 3.05) is 13.7 Å². The zero-order chi connectivity index (χ0) is 18.6. The predicted molar refractivity (Wildman–Crippen MR) is 85.0 cm³/mol. The summed E-state index contributed by atoms with van der Waals surface area (Å²) < 4.78 is 14.5. The lowest BCUT2D eigenvalue weighted by molar-refractivity contribution is -0.286. The molecular weight excluding hydrogens is 336 g/mol. The van der Waals surface area contributed by atoms with Crippen LogP contribution in [0.3, 0.4) is 0 Å². The number of benzene rings is 1. The Morgan fingerprint density at radius 1 is 1.04 bits per heavy atom. The minimum atomic E-state index is -1.57. The highest BCUT2D eigenvalue weighted by Crippen LogP contribution is 2.19. The first-order valence-electron chi connectivity index (χ1n) is 7.44. The largest absolute Gasteiger partial charge is 0.497 e. The van der Waals surface area contributed by atoms with Crippen LogP contribution >= 0.6 is 0 Å². The van der Waals surface area contributed by atoms with Gasteiger partial charge >= 0.3 is 5.63 Å². The number of ether oxygens (including phenoxy) is 2. The van der Waals surface area contributed by atoms with E-state index in [-0.39, 0.29) is 5.63 Å². The molecule has 138 valence electrons. The van der Waals surface area contributed by atoms with Crippen LogP contribution in [0.1, 0.15) is 0 Å². The zero-order valence-electron chi connectivity index (χ0n) is 13.3. The minimum Gasteiger partial charge on any atom is -0.497 e. The van der Waals surface area contributed by atoms with Crippen LogP contribution < -0.4 is 10.4 Å². The van der Waals surface area contributed by atoms with E-state index in [1.54, 1.807) is 19.2 Å². The van der Waals surface area contributed by atoms with Crippen molar-refractivity contribution in [3.05, 3.63) is 40.8 Å². The highest BCUT2D eigenvalue weighted by atomic mass is 16.6. The van der Waals surface area contributed by atoms with E-state index in [9.17, 15) is 4.79 Å². The molecule has 0 saturated carbocycles. The lowest BCUT2D eigenvalue weighted by Gasteiger charge is -2.37. The SMILES string of the molecule is COc1ccc2ccc(=O)oc2c1.OC[C@H]1O[C@@H](O)[C@H](O)[C@@H](O)[C@H]1O. The molecule has 1 aromatic carbocycles. The summed E-state index contributed by atoms with van der Waals surface area (Å²) in [5, 5.41) is 45.5. The number of fused-ring (bicyclic) bond motifs is 1. The van der Waals surface area contributed by atoms with Crippen LogP contribution in [0.15, 0.2) is 39.5 Å². The molecule has 25 heavy (non-hydrogen) atoms. The summed E-state index contributed by atoms with van der Waals surface area (Å²) in [5.74, 6) is 0.682. The van der Waals surface area contributed by atoms with Crippen molar-refractivity contribution in [1.82, 2.24) is 0 Å². The van der Waals surface area contributed by atoms with Gasteiger partial charge in [-0.15, -0.1) is 0 Å². The molecule has 2 aromatic rings. The number of hydrogen-bond donors (Lipinski definition) is 5. The van der Waals surface area contributed by atoms with E-state index in [2.05, 4.69) is 4.74 Å². The fourth-order valence-electron chi connectivity index (χ4n) is 2.25. The van der Waals surface area contributed by atoms with Crippen molar-refractivity contribution in [3.63, 3.8) is 0 Å². The molecule has 0 unspecified atom stereocenters. The van der Waals surface area contributed by atoms with Crippen molar-refractivity contribution < 1.29 is 39.4 Å². The van der Waals surface area contributed by atoms with Gasteiger partial charge in [-0.1, -0.05) is 0 Å². The molecule has 1 saturated heterocycles. The maximum Gasteiger partial charge on any atom is 0.336 e. The Morgan fingerprint density at radius 2 is 1.72 bits per heavy atom. The van der Waals surface area contributed by atoms with Gasteiger partial charge in [0.15, 0.2) is 6.29 Å². The molecule has 5 atom stereocenters. The normalized spacial score (nSPS) is 29.0. The summed E-state index contributed by atoms with van der Waals surface area (Å²) in [6, 6.07) is 8.48. The Balaban J connectivity index is 0.000000181. The van der Waals surface area contributed by atoms with E-state index in [1.165, 1.54) is 6.07 Å². The second kappa shape index (κ2) is 8.39. The fourth-order valence-corrected chi connectivity index (χ4v) is 2.25. The maximum absolute atomic E-state index is 10.9. The molecule has 2 heterocycles. The lowest BCUT2D eigenvalue weighted by Crippen LogP contribution is -2.58. The van der Waals surface area contributed by atoms with Crippen LogP contribution in [0.25, 0.3) is 11.0 Å². The second-order valence-corrected chi connectivity index (χ2v) is 5.38. The van der Waals surface area contributed by atoms with E-state index in [0.29, 0.717) is 11.3 Å². The third-order valence-electron chi connectivity index (χ3n) is 3.70. The molecule has 1 aliphatic rings. The minimum absolute atomic E-state index is 0.347. The molecule has 0 bridgehead atoms. The molecule has 5 N–H and O–H groups in total. The summed E-state index contributed by atoms with van der Waals surface area (Å²) in [4.78, 5) is 10.9. The average Bonchev–Trinajstić information content (AvgIpc) is 2.62. The van der Waals surface area contributed by atoms with E-state index in [1.807, 2.05) is 12.1 Å². The van der Waals surface area contributed by atoms with E-state index >= 15 is 0 Å². The third kappa shape index (κ3) is 4.54. The van der Waals surface area contributed by atoms with Gasteiger partial charge < -0.3 is 39.4 Å². The van der Waals surface area contributed by atoms with Crippen molar-refractivity contribution in [3.8, 4) is 5.75 Å². The predicted octanol–water partition coefficient (Wildman–Crippen LogP) is -1.42. The number of aliphatic hydroxyl groups excluding tert-OH is 5. The van der Waals surface area contributed by atoms with Crippen LogP contribution in [-0.2, 0) is 4.74 Å².